The van der Waals surface area contributed by atoms with Gasteiger partial charge >= 0.3 is 15.2 Å². The number of rotatable bonds is 2. The number of hydrogen-bond acceptors (Lipinski definition) is 2. The third-order valence-electron chi connectivity index (χ3n) is 2.19. The van der Waals surface area contributed by atoms with E-state index in [2.05, 4.69) is 0 Å². The van der Waals surface area contributed by atoms with Crippen LogP contribution in [0.4, 0.5) is 0 Å². The van der Waals surface area contributed by atoms with Gasteiger partial charge in [-0.2, -0.15) is 0 Å². The standard InChI is InChI=1S/2C6H7O3P.Ti/c2*7-10(8,9)6-4-2-1-3-5-6;/h2*1-5H,(H2,7,8,9);. The molecule has 0 heterocycles. The van der Waals surface area contributed by atoms with Crippen LogP contribution in [0.15, 0.2) is 60.7 Å². The van der Waals surface area contributed by atoms with Gasteiger partial charge in [0.15, 0.2) is 0 Å². The fourth-order valence-corrected chi connectivity index (χ4v) is 2.37. The van der Waals surface area contributed by atoms with Crippen LogP contribution in [0.25, 0.3) is 0 Å². The molecule has 2 rings (SSSR count). The second-order valence-electron chi connectivity index (χ2n) is 3.76. The third kappa shape index (κ3) is 7.86. The van der Waals surface area contributed by atoms with Crippen molar-refractivity contribution in [2.75, 3.05) is 0 Å². The summed E-state index contributed by atoms with van der Waals surface area (Å²) >= 11 is 0. The molecular weight excluding hydrogens is 350 g/mol. The van der Waals surface area contributed by atoms with Crippen molar-refractivity contribution in [3.8, 4) is 0 Å². The third-order valence-corrected chi connectivity index (χ3v) is 4.13. The molecule has 0 radical (unpaired) electrons. The largest absolute Gasteiger partial charge is 0.356 e. The molecule has 0 spiro atoms. The molecule has 21 heavy (non-hydrogen) atoms. The summed E-state index contributed by atoms with van der Waals surface area (Å²) in [6.07, 6.45) is 0. The molecule has 0 aliphatic heterocycles. The predicted molar refractivity (Wildman–Crippen MR) is 76.2 cm³/mol. The summed E-state index contributed by atoms with van der Waals surface area (Å²) in [4.78, 5) is 34.4. The van der Waals surface area contributed by atoms with Crippen molar-refractivity contribution in [3.63, 3.8) is 0 Å². The Hall–Kier alpha value is -0.546. The Balaban J connectivity index is 0.000000364. The van der Waals surface area contributed by atoms with Crippen molar-refractivity contribution in [2.45, 2.75) is 0 Å². The van der Waals surface area contributed by atoms with Gasteiger partial charge in [-0.25, -0.2) is 0 Å². The first kappa shape index (κ1) is 20.5. The minimum Gasteiger partial charge on any atom is -0.321 e. The van der Waals surface area contributed by atoms with Crippen LogP contribution in [0, 0.1) is 0 Å². The van der Waals surface area contributed by atoms with Gasteiger partial charge in [0.1, 0.15) is 0 Å². The van der Waals surface area contributed by atoms with Crippen LogP contribution in [0.5, 0.6) is 0 Å². The zero-order chi connectivity index (χ0) is 15.2. The fourth-order valence-electron chi connectivity index (χ4n) is 1.24. The van der Waals surface area contributed by atoms with Gasteiger partial charge in [-0.3, -0.25) is 9.13 Å². The van der Waals surface area contributed by atoms with Crippen LogP contribution in [0.2, 0.25) is 0 Å². The predicted octanol–water partition coefficient (Wildman–Crippen LogP) is 0.977. The maximum Gasteiger partial charge on any atom is 0.356 e. The molecule has 2 aromatic carbocycles. The van der Waals surface area contributed by atoms with Gasteiger partial charge < -0.3 is 19.6 Å². The molecule has 0 amide bonds. The number of hydrogen-bond donors (Lipinski definition) is 4. The average molecular weight is 364 g/mol. The quantitative estimate of drug-likeness (QED) is 0.467. The van der Waals surface area contributed by atoms with Gasteiger partial charge in [0.05, 0.1) is 10.6 Å². The summed E-state index contributed by atoms with van der Waals surface area (Å²) in [5.41, 5.74) is 0. The fraction of sp³-hybridized carbons (Fsp3) is 0. The molecule has 2 aromatic rings. The molecule has 0 aromatic heterocycles. The van der Waals surface area contributed by atoms with Crippen LogP contribution >= 0.6 is 15.2 Å². The summed E-state index contributed by atoms with van der Waals surface area (Å²) in [5, 5.41) is 0.130. The Morgan fingerprint density at radius 1 is 0.571 bits per heavy atom. The van der Waals surface area contributed by atoms with Gasteiger partial charge in [-0.05, 0) is 24.3 Å². The van der Waals surface area contributed by atoms with E-state index in [9.17, 15) is 9.13 Å². The van der Waals surface area contributed by atoms with Crippen LogP contribution in [0.1, 0.15) is 0 Å². The Morgan fingerprint density at radius 2 is 0.810 bits per heavy atom. The van der Waals surface area contributed by atoms with Gasteiger partial charge in [0.2, 0.25) is 0 Å². The van der Waals surface area contributed by atoms with Crippen LogP contribution < -0.4 is 10.6 Å². The van der Waals surface area contributed by atoms with Gasteiger partial charge in [-0.1, -0.05) is 36.4 Å². The van der Waals surface area contributed by atoms with E-state index >= 15 is 0 Å². The van der Waals surface area contributed by atoms with Crippen LogP contribution in [0.3, 0.4) is 0 Å². The molecule has 0 aliphatic carbocycles. The molecule has 9 heteroatoms. The molecule has 0 saturated carbocycles. The van der Waals surface area contributed by atoms with E-state index in [0.717, 1.165) is 0 Å². The van der Waals surface area contributed by atoms with Gasteiger partial charge in [0.25, 0.3) is 0 Å². The molecule has 112 valence electrons. The maximum absolute atomic E-state index is 10.5. The summed E-state index contributed by atoms with van der Waals surface area (Å²) in [6, 6.07) is 15.4. The summed E-state index contributed by atoms with van der Waals surface area (Å²) in [6.45, 7) is 0. The van der Waals surface area contributed by atoms with E-state index in [1.807, 2.05) is 0 Å². The molecule has 0 aliphatic rings. The Morgan fingerprint density at radius 3 is 0.952 bits per heavy atom. The second kappa shape index (κ2) is 8.79. The van der Waals surface area contributed by atoms with Crippen molar-refractivity contribution in [1.82, 2.24) is 0 Å². The molecule has 4 N–H and O–H groups in total. The SMILES string of the molecule is O=P(O)(O)c1ccccc1.O=P(O)(O)c1ccccc1.[Ti]. The smallest absolute Gasteiger partial charge is 0.321 e. The van der Waals surface area contributed by atoms with Crippen molar-refractivity contribution in [1.29, 1.82) is 0 Å². The number of benzene rings is 2. The van der Waals surface area contributed by atoms with Crippen molar-refractivity contribution in [3.05, 3.63) is 60.7 Å². The molecular formula is C12H14O6P2Ti. The first-order chi connectivity index (χ1) is 9.21. The Kier molecular flexibility index (Phi) is 8.56. The van der Waals surface area contributed by atoms with E-state index in [1.165, 1.54) is 24.3 Å². The van der Waals surface area contributed by atoms with E-state index in [0.29, 0.717) is 0 Å². The Bertz CT molecular complexity index is 565. The van der Waals surface area contributed by atoms with Crippen LogP contribution in [-0.4, -0.2) is 19.6 Å². The summed E-state index contributed by atoms with van der Waals surface area (Å²) in [7, 11) is -8.04. The first-order valence-corrected chi connectivity index (χ1v) is 8.66. The molecule has 0 bridgehead atoms. The summed E-state index contributed by atoms with van der Waals surface area (Å²) < 4.78 is 21.1. The molecule has 0 unspecified atom stereocenters. The van der Waals surface area contributed by atoms with Crippen molar-refractivity contribution >= 4 is 25.8 Å². The average Bonchev–Trinajstić information content (AvgIpc) is 2.40. The molecule has 6 nitrogen and oxygen atoms in total. The monoisotopic (exact) mass is 364 g/mol. The van der Waals surface area contributed by atoms with E-state index in [1.54, 1.807) is 36.4 Å². The van der Waals surface area contributed by atoms with Crippen LogP contribution in [-0.2, 0) is 30.8 Å². The van der Waals surface area contributed by atoms with E-state index in [-0.39, 0.29) is 32.3 Å². The van der Waals surface area contributed by atoms with E-state index in [4.69, 9.17) is 19.6 Å². The van der Waals surface area contributed by atoms with Crippen molar-refractivity contribution in [2.24, 2.45) is 0 Å². The minimum atomic E-state index is -4.02. The van der Waals surface area contributed by atoms with E-state index < -0.39 is 15.2 Å². The molecule has 0 atom stereocenters. The normalized spacial score (nSPS) is 10.9. The zero-order valence-corrected chi connectivity index (χ0v) is 14.1. The second-order valence-corrected chi connectivity index (χ2v) is 6.97. The molecule has 0 fully saturated rings. The molecule has 0 saturated heterocycles. The zero-order valence-electron chi connectivity index (χ0n) is 10.8. The van der Waals surface area contributed by atoms with Crippen molar-refractivity contribution < 1.29 is 50.4 Å². The Labute approximate surface area is 137 Å². The topological polar surface area (TPSA) is 115 Å². The minimum absolute atomic E-state index is 0. The maximum atomic E-state index is 10.5. The van der Waals surface area contributed by atoms with Gasteiger partial charge in [0, 0.05) is 21.7 Å². The first-order valence-electron chi connectivity index (χ1n) is 5.43. The van der Waals surface area contributed by atoms with Gasteiger partial charge in [-0.15, -0.1) is 0 Å². The summed E-state index contributed by atoms with van der Waals surface area (Å²) in [5.74, 6) is 0.